The molecule has 2 saturated heterocycles. The first-order valence-corrected chi connectivity index (χ1v) is 14.2. The molecule has 3 aromatic rings. The van der Waals surface area contributed by atoms with Gasteiger partial charge >= 0.3 is 0 Å². The molecule has 2 aliphatic rings. The van der Waals surface area contributed by atoms with E-state index in [2.05, 4.69) is 9.88 Å². The molecule has 0 spiro atoms. The summed E-state index contributed by atoms with van der Waals surface area (Å²) in [5, 5.41) is 0. The van der Waals surface area contributed by atoms with Crippen LogP contribution in [0.1, 0.15) is 68.2 Å². The normalized spacial score (nSPS) is 20.1. The molecule has 2 fully saturated rings. The van der Waals surface area contributed by atoms with Crippen LogP contribution >= 0.6 is 0 Å². The molecule has 2 aromatic heterocycles. The van der Waals surface area contributed by atoms with E-state index in [9.17, 15) is 18.8 Å². The number of pyridine rings is 1. The molecule has 0 radical (unpaired) electrons. The van der Waals surface area contributed by atoms with E-state index in [0.717, 1.165) is 17.9 Å². The molecular weight excluding hydrogens is 525 g/mol. The lowest BCUT2D eigenvalue weighted by atomic mass is 9.88. The van der Waals surface area contributed by atoms with E-state index in [1.165, 1.54) is 6.20 Å². The Hall–Kier alpha value is -3.85. The number of piperidine rings is 2. The van der Waals surface area contributed by atoms with Crippen molar-refractivity contribution in [1.29, 1.82) is 0 Å². The topological polar surface area (TPSA) is 93.0 Å². The number of ether oxygens (including phenoxy) is 1. The summed E-state index contributed by atoms with van der Waals surface area (Å²) in [4.78, 5) is 46.8. The first-order valence-electron chi connectivity index (χ1n) is 14.2. The Morgan fingerprint density at radius 3 is 2.37 bits per heavy atom. The first-order chi connectivity index (χ1) is 19.8. The molecule has 0 N–H and O–H groups in total. The van der Waals surface area contributed by atoms with Gasteiger partial charge in [0.05, 0.1) is 13.4 Å². The Kier molecular flexibility index (Phi) is 8.93. The van der Waals surface area contributed by atoms with Crippen LogP contribution in [0.15, 0.2) is 59.3 Å². The lowest BCUT2D eigenvalue weighted by molar-refractivity contribution is 0.0644. The van der Waals surface area contributed by atoms with Crippen LogP contribution < -0.4 is 4.74 Å². The number of carbonyl (C=O) groups is 3. The Morgan fingerprint density at radius 2 is 1.76 bits per heavy atom. The van der Waals surface area contributed by atoms with Crippen LogP contribution in [0.3, 0.4) is 0 Å². The van der Waals surface area contributed by atoms with Gasteiger partial charge in [-0.1, -0.05) is 0 Å². The Balaban J connectivity index is 1.09. The second-order valence-electron chi connectivity index (χ2n) is 11.1. The van der Waals surface area contributed by atoms with Gasteiger partial charge in [-0.25, -0.2) is 4.39 Å². The highest BCUT2D eigenvalue weighted by atomic mass is 19.1. The monoisotopic (exact) mass is 561 g/mol. The Morgan fingerprint density at radius 1 is 1.02 bits per heavy atom. The van der Waals surface area contributed by atoms with E-state index in [-0.39, 0.29) is 48.0 Å². The molecule has 4 heterocycles. The van der Waals surface area contributed by atoms with Crippen LogP contribution in [0.25, 0.3) is 0 Å². The molecule has 8 nitrogen and oxygen atoms in total. The molecule has 1 aromatic carbocycles. The van der Waals surface area contributed by atoms with E-state index in [4.69, 9.17) is 9.15 Å². The van der Waals surface area contributed by atoms with Crippen LogP contribution in [0.4, 0.5) is 4.39 Å². The number of Topliss-reactive ketones (excluding diaryl/α,β-unsaturated/α-hetero) is 2. The van der Waals surface area contributed by atoms with Crippen molar-refractivity contribution in [2.24, 2.45) is 11.8 Å². The van der Waals surface area contributed by atoms with Gasteiger partial charge in [-0.2, -0.15) is 0 Å². The van der Waals surface area contributed by atoms with E-state index >= 15 is 0 Å². The first kappa shape index (κ1) is 28.7. The second-order valence-corrected chi connectivity index (χ2v) is 11.1. The second kappa shape index (κ2) is 12.8. The maximum Gasteiger partial charge on any atom is 0.272 e. The van der Waals surface area contributed by atoms with Gasteiger partial charge in [0, 0.05) is 61.4 Å². The minimum atomic E-state index is -1.09. The Labute approximate surface area is 239 Å². The van der Waals surface area contributed by atoms with Gasteiger partial charge in [-0.15, -0.1) is 0 Å². The lowest BCUT2D eigenvalue weighted by Crippen LogP contribution is -2.42. The number of nitrogens with zero attached hydrogens (tertiary/aromatic N) is 3. The molecule has 1 amide bonds. The third-order valence-corrected chi connectivity index (χ3v) is 8.23. The molecule has 2 atom stereocenters. The summed E-state index contributed by atoms with van der Waals surface area (Å²) in [5.41, 5.74) is 2.31. The molecule has 41 heavy (non-hydrogen) atoms. The van der Waals surface area contributed by atoms with Crippen LogP contribution in [0.2, 0.25) is 0 Å². The van der Waals surface area contributed by atoms with Crippen molar-refractivity contribution in [3.8, 4) is 5.75 Å². The molecule has 0 aliphatic carbocycles. The zero-order valence-electron chi connectivity index (χ0n) is 23.6. The number of amides is 1. The number of alkyl halides is 1. The molecule has 216 valence electrons. The number of methoxy groups -OCH3 is 1. The SMILES string of the molecule is COc1ccc(C(=O)C2CCN(C(=O)c3ccc(C(=O)CC4CCN(Cc5coc(C)c5)C[C@@H]4F)cn3)CC2)cc1. The summed E-state index contributed by atoms with van der Waals surface area (Å²) in [7, 11) is 1.58. The zero-order chi connectivity index (χ0) is 28.9. The zero-order valence-corrected chi connectivity index (χ0v) is 23.6. The number of hydrogen-bond donors (Lipinski definition) is 0. The number of halogens is 1. The maximum absolute atomic E-state index is 15.0. The van der Waals surface area contributed by atoms with E-state index in [1.807, 2.05) is 13.0 Å². The van der Waals surface area contributed by atoms with Gasteiger partial charge < -0.3 is 14.1 Å². The smallest absolute Gasteiger partial charge is 0.272 e. The van der Waals surface area contributed by atoms with Crippen LogP contribution in [-0.4, -0.2) is 71.7 Å². The maximum atomic E-state index is 15.0. The van der Waals surface area contributed by atoms with Crippen molar-refractivity contribution in [1.82, 2.24) is 14.8 Å². The minimum Gasteiger partial charge on any atom is -0.497 e. The number of benzene rings is 1. The predicted octanol–water partition coefficient (Wildman–Crippen LogP) is 5.16. The minimum absolute atomic E-state index is 0.0787. The van der Waals surface area contributed by atoms with Gasteiger partial charge in [0.1, 0.15) is 23.4 Å². The summed E-state index contributed by atoms with van der Waals surface area (Å²) in [6.45, 7) is 4.45. The highest BCUT2D eigenvalue weighted by Crippen LogP contribution is 2.27. The summed E-state index contributed by atoms with van der Waals surface area (Å²) in [6.07, 6.45) is 3.91. The van der Waals surface area contributed by atoms with Crippen LogP contribution in [0.5, 0.6) is 5.75 Å². The summed E-state index contributed by atoms with van der Waals surface area (Å²) in [5.74, 6) is 0.751. The molecule has 9 heteroatoms. The molecule has 1 unspecified atom stereocenters. The average Bonchev–Trinajstić information content (AvgIpc) is 3.42. The van der Waals surface area contributed by atoms with Crippen molar-refractivity contribution >= 4 is 17.5 Å². The summed E-state index contributed by atoms with van der Waals surface area (Å²) >= 11 is 0. The van der Waals surface area contributed by atoms with Crippen molar-refractivity contribution in [2.75, 3.05) is 33.3 Å². The van der Waals surface area contributed by atoms with Gasteiger partial charge in [0.25, 0.3) is 5.91 Å². The van der Waals surface area contributed by atoms with Crippen molar-refractivity contribution in [3.05, 3.63) is 83.1 Å². The van der Waals surface area contributed by atoms with Gasteiger partial charge in [-0.05, 0) is 81.1 Å². The number of carbonyl (C=O) groups excluding carboxylic acids is 3. The lowest BCUT2D eigenvalue weighted by Gasteiger charge is -2.34. The molecule has 0 saturated carbocycles. The third-order valence-electron chi connectivity index (χ3n) is 8.23. The fourth-order valence-electron chi connectivity index (χ4n) is 5.77. The number of likely N-dealkylation sites (tertiary alicyclic amines) is 2. The van der Waals surface area contributed by atoms with Crippen molar-refractivity contribution in [3.63, 3.8) is 0 Å². The number of rotatable bonds is 9. The molecular formula is C32H36FN3O5. The third kappa shape index (κ3) is 6.90. The standard InChI is InChI=1S/C32H36FN3O5/c1-21-15-22(20-41-21)18-35-12-9-25(28(33)19-35)16-30(37)26-5-8-29(34-17-26)32(39)36-13-10-24(11-14-36)31(38)23-3-6-27(40-2)7-4-23/h3-8,15,17,20,24-25,28H,9-14,16,18-19H2,1-2H3/t25?,28-/m0/s1. The fourth-order valence-corrected chi connectivity index (χ4v) is 5.77. The van der Waals surface area contributed by atoms with Gasteiger partial charge in [0.15, 0.2) is 11.6 Å². The number of ketones is 2. The summed E-state index contributed by atoms with van der Waals surface area (Å²) in [6, 6.07) is 12.2. The van der Waals surface area contributed by atoms with Crippen molar-refractivity contribution in [2.45, 2.75) is 45.3 Å². The number of hydrogen-bond acceptors (Lipinski definition) is 7. The Bertz CT molecular complexity index is 1360. The molecule has 5 rings (SSSR count). The number of furan rings is 1. The highest BCUT2D eigenvalue weighted by molar-refractivity contribution is 5.99. The van der Waals surface area contributed by atoms with E-state index in [0.29, 0.717) is 55.8 Å². The van der Waals surface area contributed by atoms with Crippen molar-refractivity contribution < 1.29 is 27.9 Å². The number of aryl methyl sites for hydroxylation is 1. The van der Waals surface area contributed by atoms with E-state index in [1.54, 1.807) is 54.7 Å². The predicted molar refractivity (Wildman–Crippen MR) is 151 cm³/mol. The van der Waals surface area contributed by atoms with Gasteiger partial charge in [0.2, 0.25) is 0 Å². The van der Waals surface area contributed by atoms with Gasteiger partial charge in [-0.3, -0.25) is 24.3 Å². The van der Waals surface area contributed by atoms with Crippen LogP contribution in [0, 0.1) is 18.8 Å². The quantitative estimate of drug-likeness (QED) is 0.333. The fraction of sp³-hybridized carbons (Fsp3) is 0.438. The number of aromatic nitrogens is 1. The highest BCUT2D eigenvalue weighted by Gasteiger charge is 2.32. The average molecular weight is 562 g/mol. The largest absolute Gasteiger partial charge is 0.497 e. The summed E-state index contributed by atoms with van der Waals surface area (Å²) < 4.78 is 25.4. The molecule has 2 aliphatic heterocycles. The van der Waals surface area contributed by atoms with E-state index < -0.39 is 6.17 Å². The van der Waals surface area contributed by atoms with Crippen LogP contribution in [-0.2, 0) is 6.54 Å². The molecule has 0 bridgehead atoms.